The van der Waals surface area contributed by atoms with Gasteiger partial charge in [0.2, 0.25) is 0 Å². The average Bonchev–Trinajstić information content (AvgIpc) is 2.76. The fraction of sp³-hybridized carbons (Fsp3) is 0.0870. The number of nitro groups is 1. The Morgan fingerprint density at radius 2 is 1.87 bits per heavy atom. The predicted molar refractivity (Wildman–Crippen MR) is 110 cm³/mol. The Morgan fingerprint density at radius 1 is 1.10 bits per heavy atom. The number of hydrogen-bond donors (Lipinski definition) is 0. The first-order chi connectivity index (χ1) is 14.5. The van der Waals surface area contributed by atoms with Gasteiger partial charge >= 0.3 is 0 Å². The van der Waals surface area contributed by atoms with Gasteiger partial charge in [0.1, 0.15) is 23.9 Å². The van der Waals surface area contributed by atoms with E-state index >= 15 is 0 Å². The van der Waals surface area contributed by atoms with Gasteiger partial charge in [0.15, 0.2) is 5.78 Å². The van der Waals surface area contributed by atoms with Crippen molar-refractivity contribution in [2.45, 2.75) is 6.61 Å². The minimum Gasteiger partial charge on any atom is -0.496 e. The van der Waals surface area contributed by atoms with Crippen molar-refractivity contribution in [3.8, 4) is 11.5 Å². The molecule has 7 heteroatoms. The van der Waals surface area contributed by atoms with Gasteiger partial charge in [0.25, 0.3) is 5.69 Å². The number of ketones is 1. The number of benzene rings is 3. The Hall–Kier alpha value is -4.00. The fourth-order valence-electron chi connectivity index (χ4n) is 2.75. The second-order valence-corrected chi connectivity index (χ2v) is 6.32. The third-order valence-electron chi connectivity index (χ3n) is 4.28. The van der Waals surface area contributed by atoms with Gasteiger partial charge in [-0.2, -0.15) is 0 Å². The molecule has 0 unspecified atom stereocenters. The van der Waals surface area contributed by atoms with E-state index in [1.807, 2.05) is 0 Å². The summed E-state index contributed by atoms with van der Waals surface area (Å²) >= 11 is 0. The molecule has 0 saturated carbocycles. The lowest BCUT2D eigenvalue weighted by Gasteiger charge is -2.11. The Kier molecular flexibility index (Phi) is 6.54. The number of rotatable bonds is 8. The molecule has 0 N–H and O–H groups in total. The number of allylic oxidation sites excluding steroid dienone is 1. The fourth-order valence-corrected chi connectivity index (χ4v) is 2.75. The number of hydrogen-bond acceptors (Lipinski definition) is 5. The number of methoxy groups -OCH3 is 1. The van der Waals surface area contributed by atoms with Crippen LogP contribution in [0.5, 0.6) is 11.5 Å². The van der Waals surface area contributed by atoms with E-state index in [2.05, 4.69) is 0 Å². The lowest BCUT2D eigenvalue weighted by Crippen LogP contribution is -2.00. The highest BCUT2D eigenvalue weighted by Gasteiger charge is 2.09. The monoisotopic (exact) mass is 407 g/mol. The van der Waals surface area contributed by atoms with Gasteiger partial charge in [0.05, 0.1) is 18.1 Å². The third kappa shape index (κ3) is 5.29. The van der Waals surface area contributed by atoms with Crippen molar-refractivity contribution in [1.29, 1.82) is 0 Å². The number of nitro benzene ring substituents is 1. The molecule has 0 fully saturated rings. The molecule has 0 aliphatic heterocycles. The molecular formula is C23H18FNO5. The first-order valence-electron chi connectivity index (χ1n) is 8.98. The smallest absolute Gasteiger partial charge is 0.273 e. The molecule has 0 aliphatic carbocycles. The van der Waals surface area contributed by atoms with E-state index in [-0.39, 0.29) is 18.1 Å². The topological polar surface area (TPSA) is 78.7 Å². The molecule has 6 nitrogen and oxygen atoms in total. The largest absolute Gasteiger partial charge is 0.496 e. The normalized spacial score (nSPS) is 10.7. The van der Waals surface area contributed by atoms with Gasteiger partial charge in [-0.3, -0.25) is 14.9 Å². The van der Waals surface area contributed by atoms with Gasteiger partial charge in [-0.05, 0) is 54.1 Å². The zero-order valence-corrected chi connectivity index (χ0v) is 16.1. The zero-order valence-electron chi connectivity index (χ0n) is 16.1. The van der Waals surface area contributed by atoms with E-state index in [0.29, 0.717) is 22.6 Å². The van der Waals surface area contributed by atoms with Crippen LogP contribution < -0.4 is 9.47 Å². The molecule has 3 aromatic carbocycles. The van der Waals surface area contributed by atoms with Crippen molar-refractivity contribution >= 4 is 17.5 Å². The highest BCUT2D eigenvalue weighted by Crippen LogP contribution is 2.25. The van der Waals surface area contributed by atoms with Gasteiger partial charge in [-0.15, -0.1) is 0 Å². The quantitative estimate of drug-likeness (QED) is 0.221. The van der Waals surface area contributed by atoms with Crippen LogP contribution in [0.3, 0.4) is 0 Å². The number of non-ortho nitro benzene ring substituents is 1. The van der Waals surface area contributed by atoms with Crippen LogP contribution in [0.4, 0.5) is 10.1 Å². The number of halogens is 1. The molecule has 3 rings (SSSR count). The van der Waals surface area contributed by atoms with Crippen molar-refractivity contribution in [2.75, 3.05) is 7.11 Å². The molecule has 0 heterocycles. The molecule has 30 heavy (non-hydrogen) atoms. The summed E-state index contributed by atoms with van der Waals surface area (Å²) in [6.07, 6.45) is 3.04. The standard InChI is InChI=1S/C23H18FNO5/c1-29-23-12-6-16(5-11-22(26)17-7-9-19(24)10-8-17)13-18(23)15-30-21-4-2-3-20(14-21)25(27)28/h2-14H,15H2,1H3/b11-5+. The van der Waals surface area contributed by atoms with Crippen LogP contribution in [0.1, 0.15) is 21.5 Å². The van der Waals surface area contributed by atoms with Crippen LogP contribution in [0.2, 0.25) is 0 Å². The van der Waals surface area contributed by atoms with E-state index in [9.17, 15) is 19.3 Å². The number of nitrogens with zero attached hydrogens (tertiary/aromatic N) is 1. The molecule has 152 valence electrons. The summed E-state index contributed by atoms with van der Waals surface area (Å²) in [5.41, 5.74) is 1.77. The minimum absolute atomic E-state index is 0.0598. The summed E-state index contributed by atoms with van der Waals surface area (Å²) in [5, 5.41) is 10.9. The van der Waals surface area contributed by atoms with Crippen LogP contribution in [0, 0.1) is 15.9 Å². The molecule has 0 atom stereocenters. The van der Waals surface area contributed by atoms with E-state index in [1.165, 1.54) is 49.6 Å². The van der Waals surface area contributed by atoms with Gasteiger partial charge in [0, 0.05) is 17.2 Å². The Morgan fingerprint density at radius 3 is 2.57 bits per heavy atom. The number of carbonyl (C=O) groups excluding carboxylic acids is 1. The SMILES string of the molecule is COc1ccc(/C=C/C(=O)c2ccc(F)cc2)cc1COc1cccc([N+](=O)[O-])c1. The van der Waals surface area contributed by atoms with E-state index in [0.717, 1.165) is 5.56 Å². The third-order valence-corrected chi connectivity index (χ3v) is 4.28. The Bertz CT molecular complexity index is 1090. The zero-order chi connectivity index (χ0) is 21.5. The molecule has 0 amide bonds. The lowest BCUT2D eigenvalue weighted by molar-refractivity contribution is -0.384. The number of ether oxygens (including phenoxy) is 2. The molecule has 0 saturated heterocycles. The molecule has 0 radical (unpaired) electrons. The van der Waals surface area contributed by atoms with Crippen LogP contribution in [0.25, 0.3) is 6.08 Å². The summed E-state index contributed by atoms with van der Waals surface area (Å²) in [6, 6.07) is 16.5. The molecule has 0 aliphatic rings. The summed E-state index contributed by atoms with van der Waals surface area (Å²) in [6.45, 7) is 0.123. The summed E-state index contributed by atoms with van der Waals surface area (Å²) < 4.78 is 24.0. The highest BCUT2D eigenvalue weighted by molar-refractivity contribution is 6.06. The van der Waals surface area contributed by atoms with Crippen molar-refractivity contribution in [1.82, 2.24) is 0 Å². The van der Waals surface area contributed by atoms with Gasteiger partial charge < -0.3 is 9.47 Å². The maximum atomic E-state index is 13.0. The van der Waals surface area contributed by atoms with Crippen LogP contribution in [-0.2, 0) is 6.61 Å². The average molecular weight is 407 g/mol. The van der Waals surface area contributed by atoms with Gasteiger partial charge in [-0.25, -0.2) is 4.39 Å². The summed E-state index contributed by atoms with van der Waals surface area (Å²) in [7, 11) is 1.53. The van der Waals surface area contributed by atoms with Crippen LogP contribution >= 0.6 is 0 Å². The molecule has 3 aromatic rings. The summed E-state index contributed by atoms with van der Waals surface area (Å²) in [4.78, 5) is 22.6. The molecular weight excluding hydrogens is 389 g/mol. The van der Waals surface area contributed by atoms with Crippen molar-refractivity contribution in [3.63, 3.8) is 0 Å². The Balaban J connectivity index is 1.74. The maximum absolute atomic E-state index is 13.0. The second kappa shape index (κ2) is 9.47. The van der Waals surface area contributed by atoms with Crippen molar-refractivity contribution in [2.24, 2.45) is 0 Å². The van der Waals surface area contributed by atoms with Crippen molar-refractivity contribution < 1.29 is 23.6 Å². The maximum Gasteiger partial charge on any atom is 0.273 e. The van der Waals surface area contributed by atoms with E-state index < -0.39 is 10.7 Å². The number of carbonyl (C=O) groups is 1. The molecule has 0 bridgehead atoms. The van der Waals surface area contributed by atoms with E-state index in [1.54, 1.807) is 36.4 Å². The first kappa shape index (κ1) is 20.7. The first-order valence-corrected chi connectivity index (χ1v) is 8.98. The highest BCUT2D eigenvalue weighted by atomic mass is 19.1. The minimum atomic E-state index is -0.489. The van der Waals surface area contributed by atoms with E-state index in [4.69, 9.17) is 9.47 Å². The molecule has 0 spiro atoms. The van der Waals surface area contributed by atoms with Crippen LogP contribution in [0.15, 0.2) is 72.8 Å². The molecule has 0 aromatic heterocycles. The Labute approximate surface area is 172 Å². The van der Waals surface area contributed by atoms with Crippen molar-refractivity contribution in [3.05, 3.63) is 105 Å². The van der Waals surface area contributed by atoms with Crippen LogP contribution in [-0.4, -0.2) is 17.8 Å². The summed E-state index contributed by atoms with van der Waals surface area (Å²) in [5.74, 6) is 0.292. The van der Waals surface area contributed by atoms with Gasteiger partial charge in [-0.1, -0.05) is 18.2 Å². The predicted octanol–water partition coefficient (Wildman–Crippen LogP) is 5.22. The lowest BCUT2D eigenvalue weighted by atomic mass is 10.1. The second-order valence-electron chi connectivity index (χ2n) is 6.32.